The highest BCUT2D eigenvalue weighted by Crippen LogP contribution is 2.26. The molecule has 1 N–H and O–H groups in total. The van der Waals surface area contributed by atoms with Gasteiger partial charge in [0.2, 0.25) is 5.13 Å². The number of rotatable bonds is 6. The molecule has 0 aliphatic heterocycles. The maximum absolute atomic E-state index is 13.1. The minimum atomic E-state index is -0.229. The lowest BCUT2D eigenvalue weighted by Gasteiger charge is -2.25. The van der Waals surface area contributed by atoms with Crippen LogP contribution in [0.4, 0.5) is 9.52 Å². The molecule has 0 fully saturated rings. The number of halogens is 1. The lowest BCUT2D eigenvalue weighted by Crippen LogP contribution is -2.27. The Bertz CT molecular complexity index is 848. The van der Waals surface area contributed by atoms with Crippen molar-refractivity contribution < 1.29 is 9.13 Å². The number of nitrogens with zero attached hydrogens (tertiary/aromatic N) is 3. The van der Waals surface area contributed by atoms with Crippen molar-refractivity contribution in [1.82, 2.24) is 14.3 Å². The van der Waals surface area contributed by atoms with Crippen molar-refractivity contribution in [2.45, 2.75) is 19.3 Å². The molecule has 0 aliphatic carbocycles. The molecule has 7 heteroatoms. The molecule has 3 rings (SSSR count). The predicted octanol–water partition coefficient (Wildman–Crippen LogP) is 4.14. The monoisotopic (exact) mass is 358 g/mol. The predicted molar refractivity (Wildman–Crippen MR) is 97.6 cm³/mol. The second kappa shape index (κ2) is 7.14. The summed E-state index contributed by atoms with van der Waals surface area (Å²) in [6.07, 6.45) is 3.34. The van der Waals surface area contributed by atoms with E-state index in [9.17, 15) is 4.39 Å². The Morgan fingerprint density at radius 2 is 1.96 bits per heavy atom. The third kappa shape index (κ3) is 4.11. The van der Waals surface area contributed by atoms with Gasteiger partial charge in [0.25, 0.3) is 0 Å². The number of pyridine rings is 1. The molecule has 3 aromatic rings. The third-order valence-corrected chi connectivity index (χ3v) is 4.61. The van der Waals surface area contributed by atoms with E-state index in [2.05, 4.69) is 33.5 Å². The first kappa shape index (κ1) is 17.3. The summed E-state index contributed by atoms with van der Waals surface area (Å²) < 4.78 is 22.6. The van der Waals surface area contributed by atoms with E-state index < -0.39 is 0 Å². The molecule has 130 valence electrons. The maximum atomic E-state index is 13.1. The highest BCUT2D eigenvalue weighted by Gasteiger charge is 2.21. The van der Waals surface area contributed by atoms with E-state index in [-0.39, 0.29) is 11.2 Å². The van der Waals surface area contributed by atoms with Crippen LogP contribution in [0.5, 0.6) is 5.75 Å². The normalized spacial score (nSPS) is 11.4. The van der Waals surface area contributed by atoms with Crippen LogP contribution in [-0.4, -0.2) is 28.0 Å². The van der Waals surface area contributed by atoms with Gasteiger partial charge in [-0.25, -0.2) is 4.39 Å². The molecule has 0 radical (unpaired) electrons. The van der Waals surface area contributed by atoms with Gasteiger partial charge in [-0.05, 0) is 23.8 Å². The van der Waals surface area contributed by atoms with E-state index in [1.807, 2.05) is 18.2 Å². The Morgan fingerprint density at radius 3 is 2.68 bits per heavy atom. The minimum absolute atomic E-state index is 0.170. The van der Waals surface area contributed by atoms with Crippen LogP contribution >= 0.6 is 11.5 Å². The molecule has 0 saturated carbocycles. The Kier molecular flexibility index (Phi) is 4.94. The molecule has 5 nitrogen and oxygen atoms in total. The lowest BCUT2D eigenvalue weighted by atomic mass is 9.85. The zero-order valence-electron chi connectivity index (χ0n) is 14.3. The molecule has 25 heavy (non-hydrogen) atoms. The number of hydrogen-bond acceptors (Lipinski definition) is 6. The van der Waals surface area contributed by atoms with Crippen LogP contribution in [0.15, 0.2) is 42.7 Å². The molecule has 0 amide bonds. The van der Waals surface area contributed by atoms with Gasteiger partial charge in [0.15, 0.2) is 5.82 Å². The van der Waals surface area contributed by atoms with Gasteiger partial charge in [0.1, 0.15) is 11.6 Å². The fourth-order valence-electron chi connectivity index (χ4n) is 2.36. The zero-order chi connectivity index (χ0) is 17.9. The van der Waals surface area contributed by atoms with E-state index in [0.717, 1.165) is 16.3 Å². The SMILES string of the molecule is COc1cncc(-c2nsc(NCC(C)(C)c3ccc(F)cc3)n2)c1. The fourth-order valence-corrected chi connectivity index (χ4v) is 2.95. The van der Waals surface area contributed by atoms with E-state index >= 15 is 0 Å². The molecule has 0 unspecified atom stereocenters. The van der Waals surface area contributed by atoms with Gasteiger partial charge < -0.3 is 10.1 Å². The number of nitrogens with one attached hydrogen (secondary N) is 1. The Labute approximate surface area is 150 Å². The van der Waals surface area contributed by atoms with Crippen molar-refractivity contribution in [3.8, 4) is 17.1 Å². The number of anilines is 1. The molecule has 0 spiro atoms. The third-order valence-electron chi connectivity index (χ3n) is 3.94. The highest BCUT2D eigenvalue weighted by molar-refractivity contribution is 7.09. The average Bonchev–Trinajstić information content (AvgIpc) is 3.10. The Hall–Kier alpha value is -2.54. The van der Waals surface area contributed by atoms with Gasteiger partial charge in [0, 0.05) is 35.3 Å². The van der Waals surface area contributed by atoms with Gasteiger partial charge in [-0.1, -0.05) is 26.0 Å². The van der Waals surface area contributed by atoms with Gasteiger partial charge in [0.05, 0.1) is 13.3 Å². The summed E-state index contributed by atoms with van der Waals surface area (Å²) in [7, 11) is 1.60. The first-order valence-electron chi connectivity index (χ1n) is 7.81. The highest BCUT2D eigenvalue weighted by atomic mass is 32.1. The Morgan fingerprint density at radius 1 is 1.20 bits per heavy atom. The van der Waals surface area contributed by atoms with Crippen molar-refractivity contribution in [1.29, 1.82) is 0 Å². The summed E-state index contributed by atoms with van der Waals surface area (Å²) >= 11 is 1.30. The first-order chi connectivity index (χ1) is 12.0. The van der Waals surface area contributed by atoms with Crippen LogP contribution in [0.3, 0.4) is 0 Å². The summed E-state index contributed by atoms with van der Waals surface area (Å²) in [5, 5.41) is 4.05. The van der Waals surface area contributed by atoms with Gasteiger partial charge in [-0.2, -0.15) is 9.36 Å². The standard InChI is InChI=1S/C18H19FN4OS/c1-18(2,13-4-6-14(19)7-5-13)11-21-17-22-16(23-25-17)12-8-15(24-3)10-20-9-12/h4-10H,11H2,1-3H3,(H,21,22,23). The van der Waals surface area contributed by atoms with Crippen LogP contribution in [0.25, 0.3) is 11.4 Å². The largest absolute Gasteiger partial charge is 0.495 e. The number of ether oxygens (including phenoxy) is 1. The smallest absolute Gasteiger partial charge is 0.202 e. The molecular formula is C18H19FN4OS. The summed E-state index contributed by atoms with van der Waals surface area (Å²) in [4.78, 5) is 8.63. The van der Waals surface area contributed by atoms with Gasteiger partial charge in [-0.15, -0.1) is 0 Å². The zero-order valence-corrected chi connectivity index (χ0v) is 15.1. The number of benzene rings is 1. The molecule has 1 aromatic carbocycles. The van der Waals surface area contributed by atoms with Crippen LogP contribution < -0.4 is 10.1 Å². The summed E-state index contributed by atoms with van der Waals surface area (Å²) in [6.45, 7) is 4.85. The molecular weight excluding hydrogens is 339 g/mol. The van der Waals surface area contributed by atoms with Gasteiger partial charge in [-0.3, -0.25) is 4.98 Å². The second-order valence-electron chi connectivity index (χ2n) is 6.28. The molecule has 0 saturated heterocycles. The van der Waals surface area contributed by atoms with E-state index in [4.69, 9.17) is 4.74 Å². The summed E-state index contributed by atoms with van der Waals surface area (Å²) in [5.74, 6) is 1.05. The molecule has 2 heterocycles. The van der Waals surface area contributed by atoms with Crippen LogP contribution in [-0.2, 0) is 5.41 Å². The molecule has 0 bridgehead atoms. The average molecular weight is 358 g/mol. The van der Waals surface area contributed by atoms with Crippen molar-refractivity contribution in [3.05, 3.63) is 54.1 Å². The number of hydrogen-bond donors (Lipinski definition) is 1. The van der Waals surface area contributed by atoms with Crippen molar-refractivity contribution >= 4 is 16.7 Å². The fraction of sp³-hybridized carbons (Fsp3) is 0.278. The number of aromatic nitrogens is 3. The van der Waals surface area contributed by atoms with Crippen LogP contribution in [0.1, 0.15) is 19.4 Å². The topological polar surface area (TPSA) is 59.9 Å². The van der Waals surface area contributed by atoms with Crippen LogP contribution in [0.2, 0.25) is 0 Å². The van der Waals surface area contributed by atoms with Crippen molar-refractivity contribution in [2.24, 2.45) is 0 Å². The van der Waals surface area contributed by atoms with Crippen LogP contribution in [0, 0.1) is 5.82 Å². The van der Waals surface area contributed by atoms with E-state index in [0.29, 0.717) is 18.1 Å². The van der Waals surface area contributed by atoms with Gasteiger partial charge >= 0.3 is 0 Å². The molecule has 0 aliphatic rings. The van der Waals surface area contributed by atoms with Crippen molar-refractivity contribution in [3.63, 3.8) is 0 Å². The summed E-state index contributed by atoms with van der Waals surface area (Å²) in [6, 6.07) is 8.43. The lowest BCUT2D eigenvalue weighted by molar-refractivity contribution is 0.413. The quantitative estimate of drug-likeness (QED) is 0.718. The Balaban J connectivity index is 1.70. The first-order valence-corrected chi connectivity index (χ1v) is 8.58. The minimum Gasteiger partial charge on any atom is -0.495 e. The van der Waals surface area contributed by atoms with E-state index in [1.165, 1.54) is 23.7 Å². The second-order valence-corrected chi connectivity index (χ2v) is 7.03. The van der Waals surface area contributed by atoms with Crippen molar-refractivity contribution in [2.75, 3.05) is 19.0 Å². The van der Waals surface area contributed by atoms with E-state index in [1.54, 1.807) is 19.5 Å². The maximum Gasteiger partial charge on any atom is 0.202 e. The number of methoxy groups -OCH3 is 1. The molecule has 0 atom stereocenters. The molecule has 2 aromatic heterocycles. The summed E-state index contributed by atoms with van der Waals surface area (Å²) in [5.41, 5.74) is 1.70.